The molecule has 3 heteroatoms. The van der Waals surface area contributed by atoms with Crippen molar-refractivity contribution < 1.29 is 14.6 Å². The molecular weight excluding hydrogens is 204 g/mol. The van der Waals surface area contributed by atoms with Crippen molar-refractivity contribution in [1.82, 2.24) is 0 Å². The van der Waals surface area contributed by atoms with Crippen LogP contribution in [0.15, 0.2) is 30.3 Å². The molecule has 0 amide bonds. The molecule has 3 nitrogen and oxygen atoms in total. The zero-order valence-electron chi connectivity index (χ0n) is 9.56. The highest BCUT2D eigenvalue weighted by atomic mass is 16.5. The Hall–Kier alpha value is -1.35. The zero-order valence-corrected chi connectivity index (χ0v) is 9.56. The zero-order chi connectivity index (χ0) is 11.8. The molecule has 0 aliphatic carbocycles. The smallest absolute Gasteiger partial charge is 0.306 e. The van der Waals surface area contributed by atoms with Crippen molar-refractivity contribution in [2.24, 2.45) is 0 Å². The predicted octanol–water partition coefficient (Wildman–Crippen LogP) is 2.28. The Kier molecular flexibility index (Phi) is 5.57. The Bertz CT molecular complexity index is 308. The average molecular weight is 222 g/mol. The van der Waals surface area contributed by atoms with Gasteiger partial charge in [0, 0.05) is 6.42 Å². The van der Waals surface area contributed by atoms with Gasteiger partial charge < -0.3 is 9.84 Å². The lowest BCUT2D eigenvalue weighted by Gasteiger charge is -2.07. The SMILES string of the molecule is CCC(O)CCC(=O)OCc1ccccc1. The first-order chi connectivity index (χ1) is 7.72. The second-order valence-electron chi connectivity index (χ2n) is 3.75. The number of rotatable bonds is 6. The summed E-state index contributed by atoms with van der Waals surface area (Å²) in [4.78, 5) is 11.3. The number of hydrogen-bond donors (Lipinski definition) is 1. The molecule has 0 radical (unpaired) electrons. The molecule has 1 unspecified atom stereocenters. The summed E-state index contributed by atoms with van der Waals surface area (Å²) in [5, 5.41) is 9.28. The fraction of sp³-hybridized carbons (Fsp3) is 0.462. The molecule has 0 aliphatic heterocycles. The van der Waals surface area contributed by atoms with Crippen molar-refractivity contribution >= 4 is 5.97 Å². The fourth-order valence-corrected chi connectivity index (χ4v) is 1.30. The van der Waals surface area contributed by atoms with Crippen LogP contribution in [-0.4, -0.2) is 17.2 Å². The van der Waals surface area contributed by atoms with Crippen LogP contribution in [0.4, 0.5) is 0 Å². The van der Waals surface area contributed by atoms with Crippen molar-refractivity contribution in [3.05, 3.63) is 35.9 Å². The molecule has 1 atom stereocenters. The number of carbonyl (C=O) groups is 1. The van der Waals surface area contributed by atoms with Crippen LogP contribution in [0.5, 0.6) is 0 Å². The van der Waals surface area contributed by atoms with Gasteiger partial charge in [0.2, 0.25) is 0 Å². The average Bonchev–Trinajstić information content (AvgIpc) is 2.34. The number of benzene rings is 1. The fourth-order valence-electron chi connectivity index (χ4n) is 1.30. The number of esters is 1. The van der Waals surface area contributed by atoms with E-state index in [1.807, 2.05) is 37.3 Å². The lowest BCUT2D eigenvalue weighted by atomic mass is 10.1. The van der Waals surface area contributed by atoms with Gasteiger partial charge in [0.05, 0.1) is 6.10 Å². The molecule has 0 aliphatic rings. The largest absolute Gasteiger partial charge is 0.461 e. The summed E-state index contributed by atoms with van der Waals surface area (Å²) in [6, 6.07) is 9.55. The molecule has 0 saturated carbocycles. The second-order valence-corrected chi connectivity index (χ2v) is 3.75. The quantitative estimate of drug-likeness (QED) is 0.751. The maximum Gasteiger partial charge on any atom is 0.306 e. The lowest BCUT2D eigenvalue weighted by Crippen LogP contribution is -2.10. The van der Waals surface area contributed by atoms with E-state index in [1.165, 1.54) is 0 Å². The normalized spacial score (nSPS) is 12.1. The highest BCUT2D eigenvalue weighted by molar-refractivity contribution is 5.69. The van der Waals surface area contributed by atoms with E-state index in [0.29, 0.717) is 19.4 Å². The van der Waals surface area contributed by atoms with E-state index in [4.69, 9.17) is 4.74 Å². The van der Waals surface area contributed by atoms with Gasteiger partial charge >= 0.3 is 5.97 Å². The second kappa shape index (κ2) is 7.01. The molecule has 1 aromatic rings. The number of ether oxygens (including phenoxy) is 1. The predicted molar refractivity (Wildman–Crippen MR) is 61.8 cm³/mol. The van der Waals surface area contributed by atoms with Gasteiger partial charge in [-0.3, -0.25) is 4.79 Å². The number of aliphatic hydroxyl groups excluding tert-OH is 1. The van der Waals surface area contributed by atoms with Crippen LogP contribution in [0.25, 0.3) is 0 Å². The van der Waals surface area contributed by atoms with Gasteiger partial charge in [-0.2, -0.15) is 0 Å². The summed E-state index contributed by atoms with van der Waals surface area (Å²) in [5.74, 6) is -0.253. The number of carbonyl (C=O) groups excluding carboxylic acids is 1. The molecule has 1 rings (SSSR count). The van der Waals surface area contributed by atoms with Gasteiger partial charge in [0.25, 0.3) is 0 Å². The Morgan fingerprint density at radius 2 is 2.06 bits per heavy atom. The molecule has 16 heavy (non-hydrogen) atoms. The van der Waals surface area contributed by atoms with Crippen molar-refractivity contribution in [2.75, 3.05) is 0 Å². The summed E-state index contributed by atoms with van der Waals surface area (Å²) in [7, 11) is 0. The summed E-state index contributed by atoms with van der Waals surface area (Å²) >= 11 is 0. The van der Waals surface area contributed by atoms with E-state index in [-0.39, 0.29) is 12.4 Å². The minimum Gasteiger partial charge on any atom is -0.461 e. The Morgan fingerprint density at radius 1 is 1.38 bits per heavy atom. The topological polar surface area (TPSA) is 46.5 Å². The molecule has 0 fully saturated rings. The van der Waals surface area contributed by atoms with Gasteiger partial charge in [-0.05, 0) is 18.4 Å². The van der Waals surface area contributed by atoms with Gasteiger partial charge in [0.1, 0.15) is 6.61 Å². The van der Waals surface area contributed by atoms with E-state index >= 15 is 0 Å². The molecule has 0 aromatic heterocycles. The first-order valence-corrected chi connectivity index (χ1v) is 5.60. The minimum absolute atomic E-state index is 0.253. The third-order valence-corrected chi connectivity index (χ3v) is 2.40. The van der Waals surface area contributed by atoms with Crippen LogP contribution < -0.4 is 0 Å². The molecule has 0 spiro atoms. The number of hydrogen-bond acceptors (Lipinski definition) is 3. The minimum atomic E-state index is -0.399. The van der Waals surface area contributed by atoms with Gasteiger partial charge in [-0.1, -0.05) is 37.3 Å². The first kappa shape index (κ1) is 12.7. The number of aliphatic hydroxyl groups is 1. The van der Waals surface area contributed by atoms with E-state index in [1.54, 1.807) is 0 Å². The maximum atomic E-state index is 11.3. The van der Waals surface area contributed by atoms with Crippen molar-refractivity contribution in [1.29, 1.82) is 0 Å². The van der Waals surface area contributed by atoms with E-state index in [0.717, 1.165) is 5.56 Å². The monoisotopic (exact) mass is 222 g/mol. The van der Waals surface area contributed by atoms with Crippen molar-refractivity contribution in [2.45, 2.75) is 38.9 Å². The van der Waals surface area contributed by atoms with Crippen LogP contribution in [0.1, 0.15) is 31.7 Å². The highest BCUT2D eigenvalue weighted by Crippen LogP contribution is 2.05. The molecule has 0 heterocycles. The summed E-state index contributed by atoms with van der Waals surface area (Å²) in [6.07, 6.45) is 1.03. The van der Waals surface area contributed by atoms with Gasteiger partial charge in [-0.15, -0.1) is 0 Å². The Balaban J connectivity index is 2.20. The summed E-state index contributed by atoms with van der Waals surface area (Å²) in [6.45, 7) is 2.20. The molecule has 0 saturated heterocycles. The van der Waals surface area contributed by atoms with Crippen LogP contribution in [0, 0.1) is 0 Å². The lowest BCUT2D eigenvalue weighted by molar-refractivity contribution is -0.145. The highest BCUT2D eigenvalue weighted by Gasteiger charge is 2.07. The van der Waals surface area contributed by atoms with Gasteiger partial charge in [-0.25, -0.2) is 0 Å². The molecule has 1 N–H and O–H groups in total. The van der Waals surface area contributed by atoms with Crippen molar-refractivity contribution in [3.8, 4) is 0 Å². The molecule has 0 bridgehead atoms. The van der Waals surface area contributed by atoms with E-state index < -0.39 is 6.10 Å². The van der Waals surface area contributed by atoms with Crippen LogP contribution >= 0.6 is 0 Å². The standard InChI is InChI=1S/C13H18O3/c1-2-12(14)8-9-13(15)16-10-11-6-4-3-5-7-11/h3-7,12,14H,2,8-10H2,1H3. The summed E-state index contributed by atoms with van der Waals surface area (Å²) < 4.78 is 5.07. The Morgan fingerprint density at radius 3 is 2.69 bits per heavy atom. The third-order valence-electron chi connectivity index (χ3n) is 2.40. The van der Waals surface area contributed by atoms with Crippen molar-refractivity contribution in [3.63, 3.8) is 0 Å². The summed E-state index contributed by atoms with van der Waals surface area (Å²) in [5.41, 5.74) is 0.979. The van der Waals surface area contributed by atoms with Crippen LogP contribution in [-0.2, 0) is 16.1 Å². The molecule has 88 valence electrons. The van der Waals surface area contributed by atoms with Crippen LogP contribution in [0.3, 0.4) is 0 Å². The van der Waals surface area contributed by atoms with E-state index in [2.05, 4.69) is 0 Å². The van der Waals surface area contributed by atoms with Gasteiger partial charge in [0.15, 0.2) is 0 Å². The first-order valence-electron chi connectivity index (χ1n) is 5.60. The third kappa shape index (κ3) is 4.94. The maximum absolute atomic E-state index is 11.3. The molecular formula is C13H18O3. The van der Waals surface area contributed by atoms with Crippen LogP contribution in [0.2, 0.25) is 0 Å². The van der Waals surface area contributed by atoms with E-state index in [9.17, 15) is 9.90 Å². The Labute approximate surface area is 96.1 Å². The molecule has 1 aromatic carbocycles.